The molecule has 1 aromatic carbocycles. The molecule has 112 valence electrons. The lowest BCUT2D eigenvalue weighted by atomic mass is 10.1. The van der Waals surface area contributed by atoms with Gasteiger partial charge in [0.2, 0.25) is 0 Å². The summed E-state index contributed by atoms with van der Waals surface area (Å²) >= 11 is 0. The van der Waals surface area contributed by atoms with Crippen molar-refractivity contribution in [3.05, 3.63) is 53.1 Å². The number of carboxylic acids is 1. The van der Waals surface area contributed by atoms with Crippen LogP contribution in [-0.2, 0) is 20.0 Å². The molecule has 0 bridgehead atoms. The van der Waals surface area contributed by atoms with Gasteiger partial charge in [-0.1, -0.05) is 25.5 Å². The van der Waals surface area contributed by atoms with E-state index in [0.717, 1.165) is 18.5 Å². The lowest BCUT2D eigenvalue weighted by molar-refractivity contribution is -0.695. The van der Waals surface area contributed by atoms with Gasteiger partial charge in [-0.25, -0.2) is 13.9 Å². The van der Waals surface area contributed by atoms with Crippen molar-refractivity contribution in [2.24, 2.45) is 7.05 Å². The minimum absolute atomic E-state index is 0.333. The average Bonchev–Trinajstić information content (AvgIpc) is 2.72. The lowest BCUT2D eigenvalue weighted by Crippen LogP contribution is -2.37. The van der Waals surface area contributed by atoms with Gasteiger partial charge in [-0.05, 0) is 24.1 Å². The van der Waals surface area contributed by atoms with Crippen LogP contribution < -0.4 is 4.57 Å². The Kier molecular flexibility index (Phi) is 4.78. The number of aromatic nitrogens is 2. The molecule has 0 aliphatic rings. The molecule has 0 saturated carbocycles. The second-order valence-electron chi connectivity index (χ2n) is 5.48. The number of rotatable bonds is 6. The van der Waals surface area contributed by atoms with Crippen LogP contribution in [0, 0.1) is 6.92 Å². The Bertz CT molecular complexity index is 627. The summed E-state index contributed by atoms with van der Waals surface area (Å²) < 4.78 is 4.50. The molecule has 2 rings (SSSR count). The SMILES string of the molecule is CCCCc1n(C)c(C)c[n+]1Cc1ccc(C(=O)O)cc1. The number of imidazole rings is 1. The minimum atomic E-state index is -0.881. The van der Waals surface area contributed by atoms with E-state index >= 15 is 0 Å². The van der Waals surface area contributed by atoms with E-state index in [1.165, 1.54) is 24.4 Å². The van der Waals surface area contributed by atoms with Crippen LogP contribution in [0.15, 0.2) is 30.5 Å². The molecule has 0 amide bonds. The molecule has 0 fully saturated rings. The molecule has 4 heteroatoms. The molecule has 21 heavy (non-hydrogen) atoms. The largest absolute Gasteiger partial charge is 0.478 e. The molecule has 0 unspecified atom stereocenters. The summed E-state index contributed by atoms with van der Waals surface area (Å²) in [5, 5.41) is 8.94. The fraction of sp³-hybridized carbons (Fsp3) is 0.412. The maximum atomic E-state index is 10.9. The first-order chi connectivity index (χ1) is 10.0. The highest BCUT2D eigenvalue weighted by Gasteiger charge is 2.17. The van der Waals surface area contributed by atoms with Crippen LogP contribution in [0.5, 0.6) is 0 Å². The summed E-state index contributed by atoms with van der Waals surface area (Å²) in [6.07, 6.45) is 5.58. The molecule has 0 spiro atoms. The molecule has 0 aliphatic carbocycles. The summed E-state index contributed by atoms with van der Waals surface area (Å²) in [5.74, 6) is 0.435. The van der Waals surface area contributed by atoms with Crippen molar-refractivity contribution >= 4 is 5.97 Å². The Labute approximate surface area is 125 Å². The summed E-state index contributed by atoms with van der Waals surface area (Å²) in [4.78, 5) is 10.9. The number of hydrogen-bond acceptors (Lipinski definition) is 1. The first-order valence-corrected chi connectivity index (χ1v) is 7.39. The monoisotopic (exact) mass is 287 g/mol. The first-order valence-electron chi connectivity index (χ1n) is 7.39. The van der Waals surface area contributed by atoms with Crippen molar-refractivity contribution in [2.75, 3.05) is 0 Å². The van der Waals surface area contributed by atoms with Crippen molar-refractivity contribution < 1.29 is 14.5 Å². The van der Waals surface area contributed by atoms with Gasteiger partial charge >= 0.3 is 5.97 Å². The zero-order valence-corrected chi connectivity index (χ0v) is 13.0. The first kappa shape index (κ1) is 15.3. The molecule has 4 nitrogen and oxygen atoms in total. The van der Waals surface area contributed by atoms with Gasteiger partial charge in [0.15, 0.2) is 0 Å². The van der Waals surface area contributed by atoms with Crippen molar-refractivity contribution in [1.82, 2.24) is 4.57 Å². The third-order valence-electron chi connectivity index (χ3n) is 3.90. The summed E-state index contributed by atoms with van der Waals surface area (Å²) in [6, 6.07) is 7.12. The van der Waals surface area contributed by atoms with Gasteiger partial charge in [0.1, 0.15) is 18.4 Å². The highest BCUT2D eigenvalue weighted by Crippen LogP contribution is 2.08. The predicted octanol–water partition coefficient (Wildman–Crippen LogP) is 2.71. The number of carboxylic acid groups (broad SMARTS) is 1. The maximum absolute atomic E-state index is 10.9. The van der Waals surface area contributed by atoms with Crippen molar-refractivity contribution in [2.45, 2.75) is 39.7 Å². The van der Waals surface area contributed by atoms with Crippen molar-refractivity contribution in [3.8, 4) is 0 Å². The maximum Gasteiger partial charge on any atom is 0.335 e. The summed E-state index contributed by atoms with van der Waals surface area (Å²) in [6.45, 7) is 5.09. The Hall–Kier alpha value is -2.10. The highest BCUT2D eigenvalue weighted by atomic mass is 16.4. The molecule has 1 aromatic heterocycles. The average molecular weight is 287 g/mol. The summed E-state index contributed by atoms with van der Waals surface area (Å²) in [5.41, 5.74) is 2.69. The fourth-order valence-electron chi connectivity index (χ4n) is 2.52. The Morgan fingerprint density at radius 1 is 1.29 bits per heavy atom. The topological polar surface area (TPSA) is 46.1 Å². The van der Waals surface area contributed by atoms with Crippen LogP contribution in [-0.4, -0.2) is 15.6 Å². The molecule has 1 heterocycles. The molecule has 1 N–H and O–H groups in total. The van der Waals surface area contributed by atoms with Gasteiger partial charge in [0.25, 0.3) is 5.82 Å². The van der Waals surface area contributed by atoms with Gasteiger partial charge in [-0.2, -0.15) is 0 Å². The van der Waals surface area contributed by atoms with Gasteiger partial charge in [-0.15, -0.1) is 0 Å². The van der Waals surface area contributed by atoms with E-state index in [2.05, 4.69) is 36.2 Å². The van der Waals surface area contributed by atoms with Gasteiger partial charge in [0.05, 0.1) is 12.6 Å². The quantitative estimate of drug-likeness (QED) is 0.830. The number of aromatic carboxylic acids is 1. The third kappa shape index (κ3) is 3.51. The van der Waals surface area contributed by atoms with E-state index in [4.69, 9.17) is 5.11 Å². The fourth-order valence-corrected chi connectivity index (χ4v) is 2.52. The van der Waals surface area contributed by atoms with E-state index in [1.54, 1.807) is 12.1 Å². The predicted molar refractivity (Wildman–Crippen MR) is 81.5 cm³/mol. The van der Waals surface area contributed by atoms with Crippen molar-refractivity contribution in [3.63, 3.8) is 0 Å². The molecule has 0 saturated heterocycles. The molecule has 2 aromatic rings. The standard InChI is InChI=1S/C17H22N2O2/c1-4-5-6-16-18(3)13(2)11-19(16)12-14-7-9-15(10-8-14)17(20)21/h7-11H,4-6,12H2,1-3H3/p+1. The van der Waals surface area contributed by atoms with Gasteiger partial charge in [-0.3, -0.25) is 0 Å². The number of benzene rings is 1. The van der Waals surface area contributed by atoms with E-state index in [9.17, 15) is 4.79 Å². The molecule has 0 aliphatic heterocycles. The van der Waals surface area contributed by atoms with Crippen LogP contribution in [0.1, 0.15) is 47.2 Å². The smallest absolute Gasteiger partial charge is 0.335 e. The second kappa shape index (κ2) is 6.57. The highest BCUT2D eigenvalue weighted by molar-refractivity contribution is 5.87. The van der Waals surface area contributed by atoms with E-state index in [0.29, 0.717) is 5.56 Å². The van der Waals surface area contributed by atoms with Gasteiger partial charge in [0, 0.05) is 13.3 Å². The number of hydrogen-bond donors (Lipinski definition) is 1. The van der Waals surface area contributed by atoms with Crippen LogP contribution in [0.25, 0.3) is 0 Å². The van der Waals surface area contributed by atoms with E-state index in [1.807, 2.05) is 12.1 Å². The molecule has 0 atom stereocenters. The number of carbonyl (C=O) groups is 1. The molecule has 0 radical (unpaired) electrons. The summed E-state index contributed by atoms with van der Waals surface area (Å²) in [7, 11) is 2.10. The normalized spacial score (nSPS) is 10.8. The molecular weight excluding hydrogens is 264 g/mol. The number of unbranched alkanes of at least 4 members (excludes halogenated alkanes) is 1. The number of nitrogens with zero attached hydrogens (tertiary/aromatic N) is 2. The van der Waals surface area contributed by atoms with E-state index < -0.39 is 5.97 Å². The van der Waals surface area contributed by atoms with Crippen LogP contribution >= 0.6 is 0 Å². The Balaban J connectivity index is 2.22. The third-order valence-corrected chi connectivity index (χ3v) is 3.90. The zero-order chi connectivity index (χ0) is 15.4. The van der Waals surface area contributed by atoms with E-state index in [-0.39, 0.29) is 0 Å². The van der Waals surface area contributed by atoms with Crippen LogP contribution in [0.2, 0.25) is 0 Å². The van der Waals surface area contributed by atoms with Crippen LogP contribution in [0.3, 0.4) is 0 Å². The Morgan fingerprint density at radius 3 is 2.52 bits per heavy atom. The van der Waals surface area contributed by atoms with Crippen LogP contribution in [0.4, 0.5) is 0 Å². The minimum Gasteiger partial charge on any atom is -0.478 e. The number of aryl methyl sites for hydroxylation is 1. The second-order valence-corrected chi connectivity index (χ2v) is 5.48. The van der Waals surface area contributed by atoms with Gasteiger partial charge < -0.3 is 5.11 Å². The lowest BCUT2D eigenvalue weighted by Gasteiger charge is -2.03. The zero-order valence-electron chi connectivity index (χ0n) is 13.0. The van der Waals surface area contributed by atoms with Crippen molar-refractivity contribution in [1.29, 1.82) is 0 Å². The Morgan fingerprint density at radius 2 is 1.95 bits per heavy atom. The molecular formula is C17H23N2O2+.